The number of rotatable bonds is 4. The zero-order valence-electron chi connectivity index (χ0n) is 21.6. The van der Waals surface area contributed by atoms with E-state index in [2.05, 4.69) is 0 Å². The smallest absolute Gasteiger partial charge is 0.255 e. The third-order valence-corrected chi connectivity index (χ3v) is 7.64. The molecule has 37 heavy (non-hydrogen) atoms. The van der Waals surface area contributed by atoms with Gasteiger partial charge in [0.2, 0.25) is 5.78 Å². The van der Waals surface area contributed by atoms with Gasteiger partial charge in [-0.1, -0.05) is 0 Å². The maximum absolute atomic E-state index is 13.9. The van der Waals surface area contributed by atoms with E-state index in [1.807, 2.05) is 19.0 Å². The monoisotopic (exact) mass is 536 g/mol. The predicted octanol–water partition coefficient (Wildman–Crippen LogP) is 0.518. The van der Waals surface area contributed by atoms with Gasteiger partial charge < -0.3 is 36.0 Å². The molecule has 0 spiro atoms. The van der Waals surface area contributed by atoms with Gasteiger partial charge in [0, 0.05) is 45.4 Å². The molecule has 0 aliphatic heterocycles. The minimum absolute atomic E-state index is 0. The van der Waals surface area contributed by atoms with Gasteiger partial charge in [0.1, 0.15) is 22.8 Å². The molecule has 1 saturated carbocycles. The van der Waals surface area contributed by atoms with Crippen molar-refractivity contribution in [3.8, 4) is 5.75 Å². The summed E-state index contributed by atoms with van der Waals surface area (Å²) < 4.78 is 0. The topological polar surface area (TPSA) is 168 Å². The van der Waals surface area contributed by atoms with Crippen LogP contribution in [0.3, 0.4) is 0 Å². The fourth-order valence-corrected chi connectivity index (χ4v) is 6.02. The largest absolute Gasteiger partial charge is 0.508 e. The van der Waals surface area contributed by atoms with E-state index in [-0.39, 0.29) is 42.1 Å². The van der Waals surface area contributed by atoms with Gasteiger partial charge in [-0.3, -0.25) is 19.3 Å². The van der Waals surface area contributed by atoms with Gasteiger partial charge in [-0.15, -0.1) is 12.4 Å². The number of carbonyl (C=O) groups is 3. The summed E-state index contributed by atoms with van der Waals surface area (Å²) >= 11 is 0. The summed E-state index contributed by atoms with van der Waals surface area (Å²) in [6, 6.07) is 0.675. The molecule has 0 aromatic heterocycles. The highest BCUT2D eigenvalue weighted by molar-refractivity contribution is 6.24. The van der Waals surface area contributed by atoms with E-state index >= 15 is 0 Å². The summed E-state index contributed by atoms with van der Waals surface area (Å²) in [6.07, 6.45) is 0.290. The van der Waals surface area contributed by atoms with E-state index in [4.69, 9.17) is 5.73 Å². The van der Waals surface area contributed by atoms with Gasteiger partial charge in [-0.2, -0.15) is 0 Å². The number of ketones is 2. The van der Waals surface area contributed by atoms with Crippen LogP contribution in [-0.4, -0.2) is 96.7 Å². The Morgan fingerprint density at radius 1 is 1.03 bits per heavy atom. The van der Waals surface area contributed by atoms with Crippen molar-refractivity contribution in [3.05, 3.63) is 34.1 Å². The molecule has 1 fully saturated rings. The molecule has 202 valence electrons. The number of aliphatic hydroxyl groups is 3. The van der Waals surface area contributed by atoms with Crippen molar-refractivity contribution in [3.63, 3.8) is 0 Å². The van der Waals surface area contributed by atoms with Gasteiger partial charge in [0.15, 0.2) is 11.4 Å². The number of phenols is 1. The number of aliphatic hydroxyl groups excluding tert-OH is 2. The SMILES string of the molecule is CN(C)c1cc(N(C)C)c2c(c1O)C(O)=C1C(=O)[C@]3(O)C(O)=C(C(N)=O)C(=O)[C@@H](N(C)C)[C@@H]3C[C@@H]1C2.Cl. The minimum atomic E-state index is -2.65. The van der Waals surface area contributed by atoms with Crippen LogP contribution in [0.5, 0.6) is 5.75 Å². The number of carbonyl (C=O) groups excluding carboxylic acids is 3. The lowest BCUT2D eigenvalue weighted by atomic mass is 9.57. The van der Waals surface area contributed by atoms with Crippen molar-refractivity contribution in [1.82, 2.24) is 4.90 Å². The molecular formula is C25H33ClN4O7. The number of Topliss-reactive ketones (excluding diaryl/α,β-unsaturated/α-hetero) is 2. The summed E-state index contributed by atoms with van der Waals surface area (Å²) in [5.74, 6) is -6.61. The molecular weight excluding hydrogens is 504 g/mol. The molecule has 11 nitrogen and oxygen atoms in total. The number of fused-ring (bicyclic) bond motifs is 3. The first kappa shape index (κ1) is 28.3. The number of halogens is 1. The molecule has 0 unspecified atom stereocenters. The first-order valence-corrected chi connectivity index (χ1v) is 11.5. The van der Waals surface area contributed by atoms with E-state index in [1.165, 1.54) is 4.90 Å². The van der Waals surface area contributed by atoms with Crippen LogP contribution in [0.4, 0.5) is 11.4 Å². The molecule has 3 aliphatic carbocycles. The first-order valence-electron chi connectivity index (χ1n) is 11.5. The molecule has 4 rings (SSSR count). The highest BCUT2D eigenvalue weighted by atomic mass is 35.5. The second-order valence-corrected chi connectivity index (χ2v) is 10.4. The number of hydrogen-bond acceptors (Lipinski definition) is 10. The molecule has 0 saturated heterocycles. The number of benzene rings is 1. The zero-order chi connectivity index (χ0) is 27.0. The highest BCUT2D eigenvalue weighted by Gasteiger charge is 2.64. The Hall–Kier alpha value is -3.28. The van der Waals surface area contributed by atoms with Crippen molar-refractivity contribution < 1.29 is 34.8 Å². The molecule has 1 aromatic carbocycles. The number of amides is 1. The van der Waals surface area contributed by atoms with Gasteiger partial charge in [-0.05, 0) is 44.5 Å². The number of nitrogens with two attached hydrogens (primary N) is 1. The lowest BCUT2D eigenvalue weighted by Gasteiger charge is -2.50. The highest BCUT2D eigenvalue weighted by Crippen LogP contribution is 2.54. The van der Waals surface area contributed by atoms with Crippen molar-refractivity contribution in [2.24, 2.45) is 17.6 Å². The van der Waals surface area contributed by atoms with Gasteiger partial charge >= 0.3 is 0 Å². The van der Waals surface area contributed by atoms with Crippen molar-refractivity contribution in [1.29, 1.82) is 0 Å². The number of nitrogens with zero attached hydrogens (tertiary/aromatic N) is 3. The Labute approximate surface area is 220 Å². The van der Waals surface area contributed by atoms with E-state index in [0.717, 1.165) is 5.69 Å². The molecule has 4 atom stereocenters. The normalized spacial score (nSPS) is 26.9. The van der Waals surface area contributed by atoms with E-state index < -0.39 is 58.0 Å². The van der Waals surface area contributed by atoms with E-state index in [0.29, 0.717) is 11.3 Å². The van der Waals surface area contributed by atoms with Crippen molar-refractivity contribution >= 4 is 47.0 Å². The molecule has 0 bridgehead atoms. The predicted molar refractivity (Wildman–Crippen MR) is 140 cm³/mol. The van der Waals surface area contributed by atoms with Crippen molar-refractivity contribution in [2.45, 2.75) is 24.5 Å². The van der Waals surface area contributed by atoms with Crippen LogP contribution in [0.2, 0.25) is 0 Å². The third-order valence-electron chi connectivity index (χ3n) is 7.64. The van der Waals surface area contributed by atoms with Crippen LogP contribution in [0.1, 0.15) is 17.5 Å². The summed E-state index contributed by atoms with van der Waals surface area (Å²) in [5, 5.41) is 45.0. The van der Waals surface area contributed by atoms with Crippen molar-refractivity contribution in [2.75, 3.05) is 52.1 Å². The second kappa shape index (κ2) is 9.23. The fraction of sp³-hybridized carbons (Fsp3) is 0.480. The lowest BCUT2D eigenvalue weighted by Crippen LogP contribution is -2.65. The van der Waals surface area contributed by atoms with Gasteiger partial charge in [-0.25, -0.2) is 0 Å². The summed E-state index contributed by atoms with van der Waals surface area (Å²) in [7, 11) is 10.2. The Balaban J connectivity index is 0.00000380. The van der Waals surface area contributed by atoms with Gasteiger partial charge in [0.05, 0.1) is 17.3 Å². The maximum atomic E-state index is 13.9. The Kier molecular flexibility index (Phi) is 7.06. The van der Waals surface area contributed by atoms with E-state index in [9.17, 15) is 34.8 Å². The number of likely N-dealkylation sites (N-methyl/N-ethyl adjacent to an activating group) is 1. The van der Waals surface area contributed by atoms with Crippen LogP contribution in [-0.2, 0) is 20.8 Å². The number of primary amides is 1. The van der Waals surface area contributed by atoms with Gasteiger partial charge in [0.25, 0.3) is 5.91 Å². The zero-order valence-corrected chi connectivity index (χ0v) is 22.4. The Morgan fingerprint density at radius 2 is 1.59 bits per heavy atom. The standard InChI is InChI=1S/C25H32N4O7.ClH/c1-27(2)13-9-14(28(3)4)19(30)16-11(13)7-10-8-12-18(29(5)6)21(32)17(24(26)35)23(34)25(12,36)22(33)15(10)20(16)31;/h9-10,12,18,30-31,34,36H,7-8H2,1-6H3,(H2,26,35);1H/t10-,12-,18-,25-;/m0./s1. The summed E-state index contributed by atoms with van der Waals surface area (Å²) in [4.78, 5) is 44.1. The quantitative estimate of drug-likeness (QED) is 0.342. The number of phenolic OH excluding ortho intramolecular Hbond substituents is 1. The third kappa shape index (κ3) is 3.75. The number of anilines is 2. The van der Waals surface area contributed by atoms with Crippen LogP contribution in [0.25, 0.3) is 5.76 Å². The number of hydrogen-bond donors (Lipinski definition) is 5. The fourth-order valence-electron chi connectivity index (χ4n) is 6.02. The minimum Gasteiger partial charge on any atom is -0.508 e. The average Bonchev–Trinajstić information content (AvgIpc) is 2.75. The average molecular weight is 537 g/mol. The molecule has 3 aliphatic rings. The first-order chi connectivity index (χ1) is 16.7. The molecule has 6 N–H and O–H groups in total. The Bertz CT molecular complexity index is 1270. The van der Waals surface area contributed by atoms with E-state index in [1.54, 1.807) is 39.2 Å². The van der Waals surface area contributed by atoms with Crippen LogP contribution < -0.4 is 15.5 Å². The van der Waals surface area contributed by atoms with Crippen LogP contribution >= 0.6 is 12.4 Å². The summed E-state index contributed by atoms with van der Waals surface area (Å²) in [6.45, 7) is 0. The van der Waals surface area contributed by atoms with Crippen LogP contribution in [0.15, 0.2) is 23.0 Å². The Morgan fingerprint density at radius 3 is 2.08 bits per heavy atom. The maximum Gasteiger partial charge on any atom is 0.255 e. The second-order valence-electron chi connectivity index (χ2n) is 10.4. The molecule has 1 amide bonds. The molecule has 12 heteroatoms. The number of aromatic hydroxyl groups is 1. The lowest BCUT2D eigenvalue weighted by molar-refractivity contribution is -0.153. The molecule has 0 heterocycles. The summed E-state index contributed by atoms with van der Waals surface area (Å²) in [5.41, 5.74) is 3.53. The molecule has 1 aromatic rings. The van der Waals surface area contributed by atoms with Crippen LogP contribution in [0, 0.1) is 11.8 Å². The molecule has 0 radical (unpaired) electrons.